The van der Waals surface area contributed by atoms with E-state index in [1.807, 2.05) is 19.1 Å². The van der Waals surface area contributed by atoms with E-state index in [2.05, 4.69) is 31.3 Å². The van der Waals surface area contributed by atoms with Gasteiger partial charge in [0.05, 0.1) is 11.6 Å². The van der Waals surface area contributed by atoms with Crippen LogP contribution in [0.4, 0.5) is 4.39 Å². The Labute approximate surface area is 153 Å². The molecule has 0 bridgehead atoms. The largest absolute Gasteiger partial charge is 0.452 e. The number of halogens is 1. The van der Waals surface area contributed by atoms with E-state index in [1.165, 1.54) is 23.8 Å². The normalized spacial score (nSPS) is 11.9. The first kappa shape index (κ1) is 19.6. The lowest BCUT2D eigenvalue weighted by Crippen LogP contribution is -2.31. The Kier molecular flexibility index (Phi) is 6.89. The lowest BCUT2D eigenvalue weighted by molar-refractivity contribution is -0.124. The van der Waals surface area contributed by atoms with Gasteiger partial charge in [-0.1, -0.05) is 44.2 Å². The fourth-order valence-corrected chi connectivity index (χ4v) is 2.61. The Morgan fingerprint density at radius 3 is 2.38 bits per heavy atom. The number of nitrogens with one attached hydrogen (secondary N) is 1. The quantitative estimate of drug-likeness (QED) is 0.761. The van der Waals surface area contributed by atoms with Crippen molar-refractivity contribution < 1.29 is 18.7 Å². The predicted octanol–water partition coefficient (Wildman–Crippen LogP) is 4.06. The topological polar surface area (TPSA) is 55.4 Å². The first-order valence-electron chi connectivity index (χ1n) is 8.66. The van der Waals surface area contributed by atoms with Crippen molar-refractivity contribution in [2.75, 3.05) is 6.61 Å². The molecular formula is C21H24FNO3. The molecular weight excluding hydrogens is 333 g/mol. The molecule has 1 N–H and O–H groups in total. The Bertz CT molecular complexity index is 756. The monoisotopic (exact) mass is 357 g/mol. The second-order valence-corrected chi connectivity index (χ2v) is 6.72. The molecule has 0 aliphatic carbocycles. The molecule has 0 aromatic heterocycles. The minimum absolute atomic E-state index is 0.0755. The molecule has 138 valence electrons. The molecule has 0 aliphatic heterocycles. The lowest BCUT2D eigenvalue weighted by atomic mass is 10.00. The van der Waals surface area contributed by atoms with Gasteiger partial charge in [-0.05, 0) is 48.6 Å². The molecule has 0 fully saturated rings. The number of carbonyl (C=O) groups is 2. The molecule has 5 heteroatoms. The van der Waals surface area contributed by atoms with Crippen LogP contribution < -0.4 is 5.32 Å². The molecule has 26 heavy (non-hydrogen) atoms. The van der Waals surface area contributed by atoms with Crippen molar-refractivity contribution >= 4 is 11.9 Å². The van der Waals surface area contributed by atoms with Gasteiger partial charge >= 0.3 is 5.97 Å². The number of benzene rings is 2. The highest BCUT2D eigenvalue weighted by Gasteiger charge is 2.13. The van der Waals surface area contributed by atoms with Crippen LogP contribution in [0.5, 0.6) is 0 Å². The highest BCUT2D eigenvalue weighted by molar-refractivity contribution is 5.91. The average Bonchev–Trinajstić information content (AvgIpc) is 2.59. The maximum atomic E-state index is 13.1. The minimum Gasteiger partial charge on any atom is -0.452 e. The van der Waals surface area contributed by atoms with E-state index in [0.29, 0.717) is 5.92 Å². The summed E-state index contributed by atoms with van der Waals surface area (Å²) < 4.78 is 18.0. The fraction of sp³-hybridized carbons (Fsp3) is 0.333. The van der Waals surface area contributed by atoms with Crippen molar-refractivity contribution in [1.82, 2.24) is 5.32 Å². The molecule has 1 atom stereocenters. The molecule has 1 amide bonds. The van der Waals surface area contributed by atoms with Gasteiger partial charge in [0.15, 0.2) is 6.61 Å². The Hall–Kier alpha value is -2.69. The van der Waals surface area contributed by atoms with Crippen LogP contribution in [0.2, 0.25) is 0 Å². The van der Waals surface area contributed by atoms with Crippen molar-refractivity contribution in [1.29, 1.82) is 0 Å². The number of hydrogen-bond donors (Lipinski definition) is 1. The molecule has 2 rings (SSSR count). The van der Waals surface area contributed by atoms with Gasteiger partial charge < -0.3 is 10.1 Å². The molecule has 0 unspecified atom stereocenters. The number of amides is 1. The van der Waals surface area contributed by atoms with Crippen molar-refractivity contribution in [3.05, 3.63) is 71.0 Å². The molecule has 0 saturated carbocycles. The summed E-state index contributed by atoms with van der Waals surface area (Å²) in [5.41, 5.74) is 2.31. The molecule has 2 aromatic rings. The van der Waals surface area contributed by atoms with E-state index in [9.17, 15) is 14.0 Å². The molecule has 0 saturated heterocycles. The number of ether oxygens (including phenoxy) is 1. The van der Waals surface area contributed by atoms with Gasteiger partial charge in [-0.2, -0.15) is 0 Å². The standard InChI is InChI=1S/C21H24FNO3/c1-14(2)11-16-7-9-17(10-8-16)15(3)23-20(24)13-26-21(25)18-5-4-6-19(22)12-18/h4-10,12,14-15H,11,13H2,1-3H3,(H,23,24)/t15-/m0/s1. The summed E-state index contributed by atoms with van der Waals surface area (Å²) in [4.78, 5) is 23.8. The third-order valence-corrected chi connectivity index (χ3v) is 3.90. The summed E-state index contributed by atoms with van der Waals surface area (Å²) in [7, 11) is 0. The average molecular weight is 357 g/mol. The van der Waals surface area contributed by atoms with Crippen molar-refractivity contribution in [3.8, 4) is 0 Å². The minimum atomic E-state index is -0.731. The zero-order valence-electron chi connectivity index (χ0n) is 15.3. The van der Waals surface area contributed by atoms with Gasteiger partial charge in [0.1, 0.15) is 5.82 Å². The highest BCUT2D eigenvalue weighted by atomic mass is 19.1. The van der Waals surface area contributed by atoms with Crippen LogP contribution in [0.15, 0.2) is 48.5 Å². The second kappa shape index (κ2) is 9.13. The maximum Gasteiger partial charge on any atom is 0.338 e. The van der Waals surface area contributed by atoms with Crippen LogP contribution in [-0.4, -0.2) is 18.5 Å². The van der Waals surface area contributed by atoms with Crippen LogP contribution in [0.25, 0.3) is 0 Å². The molecule has 0 spiro atoms. The van der Waals surface area contributed by atoms with Gasteiger partial charge in [-0.15, -0.1) is 0 Å². The molecule has 0 radical (unpaired) electrons. The van der Waals surface area contributed by atoms with Crippen LogP contribution in [0, 0.1) is 11.7 Å². The SMILES string of the molecule is CC(C)Cc1ccc([C@H](C)NC(=O)COC(=O)c2cccc(F)c2)cc1. The summed E-state index contributed by atoms with van der Waals surface area (Å²) in [6, 6.07) is 13.0. The van der Waals surface area contributed by atoms with E-state index in [-0.39, 0.29) is 11.6 Å². The van der Waals surface area contributed by atoms with Gasteiger partial charge in [-0.25, -0.2) is 9.18 Å². The Morgan fingerprint density at radius 1 is 1.08 bits per heavy atom. The van der Waals surface area contributed by atoms with Crippen LogP contribution in [0.3, 0.4) is 0 Å². The molecule has 2 aromatic carbocycles. The number of hydrogen-bond acceptors (Lipinski definition) is 3. The predicted molar refractivity (Wildman–Crippen MR) is 98.2 cm³/mol. The smallest absolute Gasteiger partial charge is 0.338 e. The highest BCUT2D eigenvalue weighted by Crippen LogP contribution is 2.15. The van der Waals surface area contributed by atoms with Gasteiger partial charge in [0.25, 0.3) is 5.91 Å². The van der Waals surface area contributed by atoms with E-state index in [1.54, 1.807) is 0 Å². The van der Waals surface area contributed by atoms with Crippen molar-refractivity contribution in [2.45, 2.75) is 33.2 Å². The first-order chi connectivity index (χ1) is 12.3. The summed E-state index contributed by atoms with van der Waals surface area (Å²) in [5.74, 6) is -1.08. The summed E-state index contributed by atoms with van der Waals surface area (Å²) in [5, 5.41) is 2.78. The van der Waals surface area contributed by atoms with Crippen LogP contribution in [-0.2, 0) is 16.0 Å². The van der Waals surface area contributed by atoms with E-state index in [0.717, 1.165) is 18.1 Å². The fourth-order valence-electron chi connectivity index (χ4n) is 2.61. The third kappa shape index (κ3) is 5.99. The maximum absolute atomic E-state index is 13.1. The number of esters is 1. The van der Waals surface area contributed by atoms with Crippen molar-refractivity contribution in [2.24, 2.45) is 5.92 Å². The third-order valence-electron chi connectivity index (χ3n) is 3.90. The Balaban J connectivity index is 1.84. The zero-order chi connectivity index (χ0) is 19.1. The lowest BCUT2D eigenvalue weighted by Gasteiger charge is -2.15. The number of rotatable bonds is 7. The van der Waals surface area contributed by atoms with E-state index >= 15 is 0 Å². The van der Waals surface area contributed by atoms with Gasteiger partial charge in [0.2, 0.25) is 0 Å². The van der Waals surface area contributed by atoms with Gasteiger partial charge in [0, 0.05) is 0 Å². The number of carbonyl (C=O) groups excluding carboxylic acids is 2. The van der Waals surface area contributed by atoms with Crippen molar-refractivity contribution in [3.63, 3.8) is 0 Å². The van der Waals surface area contributed by atoms with Gasteiger partial charge in [-0.3, -0.25) is 4.79 Å². The molecule has 0 heterocycles. The summed E-state index contributed by atoms with van der Waals surface area (Å²) in [6.07, 6.45) is 1.01. The van der Waals surface area contributed by atoms with Crippen LogP contribution >= 0.6 is 0 Å². The van der Waals surface area contributed by atoms with Crippen LogP contribution in [0.1, 0.15) is 48.3 Å². The van der Waals surface area contributed by atoms with E-state index < -0.39 is 24.3 Å². The second-order valence-electron chi connectivity index (χ2n) is 6.72. The molecule has 4 nitrogen and oxygen atoms in total. The first-order valence-corrected chi connectivity index (χ1v) is 8.66. The van der Waals surface area contributed by atoms with E-state index in [4.69, 9.17) is 4.74 Å². The Morgan fingerprint density at radius 2 is 1.77 bits per heavy atom. The summed E-state index contributed by atoms with van der Waals surface area (Å²) in [6.45, 7) is 5.79. The zero-order valence-corrected chi connectivity index (χ0v) is 15.3. The molecule has 0 aliphatic rings. The summed E-state index contributed by atoms with van der Waals surface area (Å²) >= 11 is 0.